The van der Waals surface area contributed by atoms with Crippen LogP contribution in [0.3, 0.4) is 0 Å². The molecular formula is C12H16N4S. The van der Waals surface area contributed by atoms with Gasteiger partial charge in [0, 0.05) is 12.7 Å². The molecule has 1 unspecified atom stereocenters. The summed E-state index contributed by atoms with van der Waals surface area (Å²) in [6.07, 6.45) is 3.11. The highest BCUT2D eigenvalue weighted by atomic mass is 32.2. The van der Waals surface area contributed by atoms with Crippen LogP contribution in [0.1, 0.15) is 12.0 Å². The van der Waals surface area contributed by atoms with Gasteiger partial charge in [0.15, 0.2) is 5.65 Å². The van der Waals surface area contributed by atoms with Crippen molar-refractivity contribution in [3.05, 3.63) is 17.8 Å². The van der Waals surface area contributed by atoms with Crippen molar-refractivity contribution < 1.29 is 0 Å². The van der Waals surface area contributed by atoms with Crippen molar-refractivity contribution in [1.82, 2.24) is 14.5 Å². The first kappa shape index (κ1) is 10.9. The molecule has 0 aliphatic carbocycles. The number of anilines is 1. The molecule has 0 spiro atoms. The zero-order valence-corrected chi connectivity index (χ0v) is 10.7. The lowest BCUT2D eigenvalue weighted by molar-refractivity contribution is 0.503. The van der Waals surface area contributed by atoms with Gasteiger partial charge in [-0.25, -0.2) is 9.97 Å². The predicted molar refractivity (Wildman–Crippen MR) is 72.1 cm³/mol. The molecule has 0 amide bonds. The van der Waals surface area contributed by atoms with Gasteiger partial charge in [0.05, 0.1) is 0 Å². The Labute approximate surface area is 105 Å². The number of hydrogen-bond donors (Lipinski definition) is 1. The molecule has 0 saturated carbocycles. The second kappa shape index (κ2) is 4.22. The molecule has 3 heterocycles. The third kappa shape index (κ3) is 1.88. The summed E-state index contributed by atoms with van der Waals surface area (Å²) in [4.78, 5) is 8.84. The number of nitrogens with two attached hydrogens (primary N) is 1. The maximum atomic E-state index is 6.01. The number of rotatable bonds is 2. The smallest absolute Gasteiger partial charge is 0.202 e. The van der Waals surface area contributed by atoms with E-state index in [0.717, 1.165) is 23.3 Å². The van der Waals surface area contributed by atoms with Crippen LogP contribution >= 0.6 is 11.8 Å². The average Bonchev–Trinajstić information content (AvgIpc) is 2.91. The molecule has 90 valence electrons. The second-order valence-corrected chi connectivity index (χ2v) is 5.76. The molecule has 1 saturated heterocycles. The molecule has 0 aromatic carbocycles. The van der Waals surface area contributed by atoms with Gasteiger partial charge in [0.2, 0.25) is 5.95 Å². The topological polar surface area (TPSA) is 56.7 Å². The van der Waals surface area contributed by atoms with E-state index in [1.807, 2.05) is 30.9 Å². The third-order valence-corrected chi connectivity index (χ3v) is 4.56. The van der Waals surface area contributed by atoms with Crippen molar-refractivity contribution in [2.45, 2.75) is 19.9 Å². The second-order valence-electron chi connectivity index (χ2n) is 4.61. The van der Waals surface area contributed by atoms with Crippen LogP contribution in [0.5, 0.6) is 0 Å². The Morgan fingerprint density at radius 3 is 3.24 bits per heavy atom. The van der Waals surface area contributed by atoms with E-state index in [4.69, 9.17) is 5.73 Å². The number of thioether (sulfide) groups is 1. The maximum absolute atomic E-state index is 6.01. The molecule has 1 aliphatic rings. The fourth-order valence-corrected chi connectivity index (χ4v) is 3.59. The molecule has 3 rings (SSSR count). The molecule has 1 aliphatic heterocycles. The average molecular weight is 248 g/mol. The zero-order chi connectivity index (χ0) is 11.8. The lowest BCUT2D eigenvalue weighted by Crippen LogP contribution is -2.12. The molecule has 17 heavy (non-hydrogen) atoms. The van der Waals surface area contributed by atoms with E-state index < -0.39 is 0 Å². The number of fused-ring (bicyclic) bond motifs is 1. The molecule has 0 radical (unpaired) electrons. The lowest BCUT2D eigenvalue weighted by atomic mass is 10.1. The van der Waals surface area contributed by atoms with Gasteiger partial charge in [-0.15, -0.1) is 0 Å². The van der Waals surface area contributed by atoms with E-state index in [-0.39, 0.29) is 0 Å². The standard InChI is InChI=1S/C12H16N4S/c1-8-2-4-14-11-10(8)15-12(13)16(11)6-9-3-5-17-7-9/h2,4,9H,3,5-7H2,1H3,(H2,13,15). The molecule has 2 N–H and O–H groups in total. The van der Waals surface area contributed by atoms with Crippen LogP contribution in [0, 0.1) is 12.8 Å². The largest absolute Gasteiger partial charge is 0.369 e. The first-order chi connectivity index (χ1) is 8.25. The van der Waals surface area contributed by atoms with Gasteiger partial charge in [-0.2, -0.15) is 11.8 Å². The first-order valence-corrected chi connectivity index (χ1v) is 7.06. The highest BCUT2D eigenvalue weighted by Crippen LogP contribution is 2.27. The number of hydrogen-bond acceptors (Lipinski definition) is 4. The van der Waals surface area contributed by atoms with Crippen molar-refractivity contribution in [3.8, 4) is 0 Å². The van der Waals surface area contributed by atoms with Gasteiger partial charge in [-0.05, 0) is 42.4 Å². The summed E-state index contributed by atoms with van der Waals surface area (Å²) in [6, 6.07) is 1.98. The van der Waals surface area contributed by atoms with E-state index in [2.05, 4.69) is 14.5 Å². The van der Waals surface area contributed by atoms with E-state index in [1.165, 1.54) is 17.9 Å². The Kier molecular flexibility index (Phi) is 2.70. The Morgan fingerprint density at radius 1 is 1.59 bits per heavy atom. The number of pyridine rings is 1. The Balaban J connectivity index is 2.02. The quantitative estimate of drug-likeness (QED) is 0.884. The summed E-state index contributed by atoms with van der Waals surface area (Å²) in [5, 5.41) is 0. The van der Waals surface area contributed by atoms with Gasteiger partial charge >= 0.3 is 0 Å². The first-order valence-electron chi connectivity index (χ1n) is 5.91. The molecule has 1 atom stereocenters. The lowest BCUT2D eigenvalue weighted by Gasteiger charge is -2.10. The Morgan fingerprint density at radius 2 is 2.47 bits per heavy atom. The van der Waals surface area contributed by atoms with Crippen LogP contribution < -0.4 is 5.73 Å². The molecule has 4 nitrogen and oxygen atoms in total. The van der Waals surface area contributed by atoms with Crippen LogP contribution in [0.4, 0.5) is 5.95 Å². The van der Waals surface area contributed by atoms with E-state index >= 15 is 0 Å². The van der Waals surface area contributed by atoms with Gasteiger partial charge in [-0.1, -0.05) is 0 Å². The predicted octanol–water partition coefficient (Wildman–Crippen LogP) is 2.08. The summed E-state index contributed by atoms with van der Waals surface area (Å²) in [6.45, 7) is 3.00. The normalized spacial score (nSPS) is 20.2. The molecule has 5 heteroatoms. The van der Waals surface area contributed by atoms with Crippen molar-refractivity contribution >= 4 is 28.9 Å². The van der Waals surface area contributed by atoms with E-state index in [9.17, 15) is 0 Å². The minimum absolute atomic E-state index is 0.596. The van der Waals surface area contributed by atoms with E-state index in [0.29, 0.717) is 11.9 Å². The van der Waals surface area contributed by atoms with E-state index in [1.54, 1.807) is 0 Å². The monoisotopic (exact) mass is 248 g/mol. The van der Waals surface area contributed by atoms with Crippen LogP contribution in [-0.2, 0) is 6.54 Å². The minimum atomic E-state index is 0.596. The summed E-state index contributed by atoms with van der Waals surface area (Å²) >= 11 is 2.02. The Hall–Kier alpha value is -1.23. The third-order valence-electron chi connectivity index (χ3n) is 3.33. The summed E-state index contributed by atoms with van der Waals surface area (Å²) in [5.41, 5.74) is 9.02. The van der Waals surface area contributed by atoms with Crippen LogP contribution in [0.2, 0.25) is 0 Å². The summed E-state index contributed by atoms with van der Waals surface area (Å²) in [5.74, 6) is 3.80. The maximum Gasteiger partial charge on any atom is 0.202 e. The van der Waals surface area contributed by atoms with Crippen LogP contribution in [0.15, 0.2) is 12.3 Å². The molecule has 0 bridgehead atoms. The fourth-order valence-electron chi connectivity index (χ4n) is 2.32. The Bertz CT molecular complexity index is 543. The zero-order valence-electron chi connectivity index (χ0n) is 9.89. The number of nitrogens with zero attached hydrogens (tertiary/aromatic N) is 3. The van der Waals surface area contributed by atoms with Gasteiger partial charge in [-0.3, -0.25) is 4.57 Å². The van der Waals surface area contributed by atoms with Crippen molar-refractivity contribution in [3.63, 3.8) is 0 Å². The minimum Gasteiger partial charge on any atom is -0.369 e. The van der Waals surface area contributed by atoms with Crippen molar-refractivity contribution in [1.29, 1.82) is 0 Å². The number of imidazole rings is 1. The van der Waals surface area contributed by atoms with Gasteiger partial charge < -0.3 is 5.73 Å². The van der Waals surface area contributed by atoms with Gasteiger partial charge in [0.1, 0.15) is 5.52 Å². The van der Waals surface area contributed by atoms with Crippen molar-refractivity contribution in [2.24, 2.45) is 5.92 Å². The van der Waals surface area contributed by atoms with Gasteiger partial charge in [0.25, 0.3) is 0 Å². The molecule has 1 fully saturated rings. The number of nitrogen functional groups attached to an aromatic ring is 1. The highest BCUT2D eigenvalue weighted by Gasteiger charge is 2.19. The summed E-state index contributed by atoms with van der Waals surface area (Å²) in [7, 11) is 0. The van der Waals surface area contributed by atoms with Crippen molar-refractivity contribution in [2.75, 3.05) is 17.2 Å². The summed E-state index contributed by atoms with van der Waals surface area (Å²) < 4.78 is 2.07. The molecular weight excluding hydrogens is 232 g/mol. The molecule has 2 aromatic rings. The molecule has 2 aromatic heterocycles. The SMILES string of the molecule is Cc1ccnc2c1nc(N)n2CC1CCSC1. The fraction of sp³-hybridized carbons (Fsp3) is 0.500. The van der Waals surface area contributed by atoms with Crippen LogP contribution in [0.25, 0.3) is 11.2 Å². The van der Waals surface area contributed by atoms with Crippen LogP contribution in [-0.4, -0.2) is 26.0 Å². The number of aromatic nitrogens is 3. The number of aryl methyl sites for hydroxylation is 1. The highest BCUT2D eigenvalue weighted by molar-refractivity contribution is 7.99.